The fraction of sp³-hybridized carbons (Fsp3) is 0.556. The molecule has 2 heterocycles. The lowest BCUT2D eigenvalue weighted by Crippen LogP contribution is -2.58. The molecule has 2 fully saturated rings. The van der Waals surface area contributed by atoms with Gasteiger partial charge in [-0.2, -0.15) is 10.2 Å². The van der Waals surface area contributed by atoms with Gasteiger partial charge in [0.2, 0.25) is 5.78 Å². The number of fused-ring (bicyclic) bond motifs is 3. The maximum atomic E-state index is 14.0. The van der Waals surface area contributed by atoms with Gasteiger partial charge in [-0.1, -0.05) is 12.1 Å². The van der Waals surface area contributed by atoms with Crippen molar-refractivity contribution in [3.8, 4) is 17.2 Å². The zero-order chi connectivity index (χ0) is 36.7. The summed E-state index contributed by atoms with van der Waals surface area (Å²) >= 11 is 0. The number of ketones is 2. The highest BCUT2D eigenvalue weighted by Gasteiger charge is 2.49. The molecule has 1 radical (unpaired) electrons. The maximum Gasteiger partial charge on any atom is 0.202 e. The number of nitrogens with zero attached hydrogens (tertiary/aromatic N) is 3. The van der Waals surface area contributed by atoms with Gasteiger partial charge >= 0.3 is 0 Å². The van der Waals surface area contributed by atoms with Crippen LogP contribution in [0.25, 0.3) is 0 Å². The Hall–Kier alpha value is -3.47. The van der Waals surface area contributed by atoms with Crippen LogP contribution in [0.15, 0.2) is 28.4 Å². The third-order valence-corrected chi connectivity index (χ3v) is 10.5. The predicted octanol–water partition coefficient (Wildman–Crippen LogP) is 3.68. The molecule has 51 heavy (non-hydrogen) atoms. The number of phenolic OH excluding ortho intramolecular Hbond substituents is 2. The van der Waals surface area contributed by atoms with Crippen molar-refractivity contribution in [1.82, 2.24) is 5.06 Å². The average Bonchev–Trinajstić information content (AvgIpc) is 3.04. The number of halogens is 1. The lowest BCUT2D eigenvalue weighted by Gasteiger charge is -2.46. The number of carbonyl (C=O) groups is 2. The van der Waals surface area contributed by atoms with Gasteiger partial charge in [-0.3, -0.25) is 9.59 Å². The fourth-order valence-electron chi connectivity index (χ4n) is 8.00. The van der Waals surface area contributed by atoms with E-state index in [1.54, 1.807) is 19.9 Å². The van der Waals surface area contributed by atoms with Crippen LogP contribution in [-0.2, 0) is 21.1 Å². The monoisotopic (exact) mass is 729 g/mol. The van der Waals surface area contributed by atoms with E-state index < -0.39 is 81.5 Å². The molecule has 6 rings (SSSR count). The van der Waals surface area contributed by atoms with E-state index >= 15 is 0 Å². The normalized spacial score (nSPS) is 30.1. The smallest absolute Gasteiger partial charge is 0.202 e. The Kier molecular flexibility index (Phi) is 10.3. The molecule has 15 heteroatoms. The van der Waals surface area contributed by atoms with Gasteiger partial charge in [-0.15, -0.1) is 22.7 Å². The first kappa shape index (κ1) is 38.8. The number of nitrogens with two attached hydrogens (primary N) is 1. The molecule has 277 valence electrons. The minimum Gasteiger partial charge on any atom is -0.507 e. The summed E-state index contributed by atoms with van der Waals surface area (Å²) in [6, 6.07) is 3.80. The molecule has 2 aliphatic carbocycles. The van der Waals surface area contributed by atoms with E-state index in [4.69, 9.17) is 19.9 Å². The summed E-state index contributed by atoms with van der Waals surface area (Å²) in [5.74, 6) is -2.46. The van der Waals surface area contributed by atoms with Crippen molar-refractivity contribution in [3.63, 3.8) is 0 Å². The minimum atomic E-state index is -1.82. The molecule has 2 aliphatic heterocycles. The summed E-state index contributed by atoms with van der Waals surface area (Å²) in [5, 5.41) is 69.1. The largest absolute Gasteiger partial charge is 0.507 e. The molecule has 6 atom stereocenters. The maximum absolute atomic E-state index is 14.0. The third-order valence-electron chi connectivity index (χ3n) is 10.5. The second-order valence-electron chi connectivity index (χ2n) is 15.2. The van der Waals surface area contributed by atoms with E-state index in [1.807, 2.05) is 27.7 Å². The van der Waals surface area contributed by atoms with Crippen molar-refractivity contribution in [2.24, 2.45) is 15.9 Å². The second-order valence-corrected chi connectivity index (χ2v) is 15.2. The van der Waals surface area contributed by atoms with Gasteiger partial charge in [-0.05, 0) is 47.6 Å². The van der Waals surface area contributed by atoms with E-state index in [0.29, 0.717) is 18.6 Å². The van der Waals surface area contributed by atoms with Gasteiger partial charge in [0.1, 0.15) is 22.8 Å². The molecule has 2 unspecified atom stereocenters. The molecular formula is C36H46ClN4O10. The van der Waals surface area contributed by atoms with Gasteiger partial charge in [0, 0.05) is 71.6 Å². The first-order valence-corrected chi connectivity index (χ1v) is 16.7. The Morgan fingerprint density at radius 1 is 1.02 bits per heavy atom. The number of piperidine rings is 1. The number of aromatic hydroxyl groups is 2. The van der Waals surface area contributed by atoms with Crippen LogP contribution in [0.4, 0.5) is 0 Å². The van der Waals surface area contributed by atoms with Crippen LogP contribution in [0.1, 0.15) is 116 Å². The van der Waals surface area contributed by atoms with Crippen LogP contribution >= 0.6 is 12.4 Å². The first-order valence-electron chi connectivity index (χ1n) is 16.7. The molecule has 0 bridgehead atoms. The number of phenols is 2. The van der Waals surface area contributed by atoms with E-state index in [0.717, 1.165) is 5.06 Å². The molecule has 0 spiro atoms. The number of benzene rings is 2. The lowest BCUT2D eigenvalue weighted by molar-refractivity contribution is -0.273. The number of carbonyl (C=O) groups excluding carboxylic acids is 2. The number of hydrogen-bond donors (Lipinski definition) is 5. The van der Waals surface area contributed by atoms with Crippen molar-refractivity contribution in [2.45, 2.75) is 121 Å². The summed E-state index contributed by atoms with van der Waals surface area (Å²) < 4.78 is 17.6. The van der Waals surface area contributed by atoms with Crippen molar-refractivity contribution in [3.05, 3.63) is 51.6 Å². The number of aliphatic hydroxyl groups excluding tert-OH is 1. The molecule has 0 saturated carbocycles. The molecule has 0 aromatic heterocycles. The van der Waals surface area contributed by atoms with E-state index in [1.165, 1.54) is 19.2 Å². The molecular weight excluding hydrogens is 684 g/mol. The van der Waals surface area contributed by atoms with Gasteiger partial charge < -0.3 is 40.4 Å². The van der Waals surface area contributed by atoms with E-state index in [2.05, 4.69) is 10.2 Å². The molecule has 2 saturated heterocycles. The predicted molar refractivity (Wildman–Crippen MR) is 187 cm³/mol. The molecule has 0 amide bonds. The van der Waals surface area contributed by atoms with Gasteiger partial charge in [0.05, 0.1) is 47.8 Å². The van der Waals surface area contributed by atoms with Gasteiger partial charge in [0.25, 0.3) is 0 Å². The highest BCUT2D eigenvalue weighted by Crippen LogP contribution is 2.52. The van der Waals surface area contributed by atoms with Crippen LogP contribution in [0, 0.1) is 0 Å². The molecule has 14 nitrogen and oxygen atoms in total. The second kappa shape index (κ2) is 13.5. The number of rotatable bonds is 5. The Labute approximate surface area is 302 Å². The molecule has 2 aromatic carbocycles. The number of aliphatic hydroxyl groups is 2. The van der Waals surface area contributed by atoms with Crippen LogP contribution < -0.4 is 10.5 Å². The van der Waals surface area contributed by atoms with Gasteiger partial charge in [0.15, 0.2) is 12.1 Å². The van der Waals surface area contributed by atoms with E-state index in [-0.39, 0.29) is 65.4 Å². The summed E-state index contributed by atoms with van der Waals surface area (Å²) in [7, 11) is 1.35. The SMILES string of the molecule is COc1cccc2c1C(=O)c1c(O)c3c(c(O)c1C2=O)C[C@@](O)(/C(C)=N/N=C1CC(C)(C)N([O])C(C)(C)C1)C[C@@H]3O[C@H]1CC(N)[C@H](O)C(C)O1.Cl. The van der Waals surface area contributed by atoms with Crippen molar-refractivity contribution < 1.29 is 49.4 Å². The summed E-state index contributed by atoms with van der Waals surface area (Å²) in [4.78, 5) is 27.9. The third kappa shape index (κ3) is 6.46. The Morgan fingerprint density at radius 2 is 1.65 bits per heavy atom. The first-order chi connectivity index (χ1) is 23.3. The van der Waals surface area contributed by atoms with Crippen molar-refractivity contribution in [2.75, 3.05) is 7.11 Å². The number of hydrogen-bond acceptors (Lipinski definition) is 13. The Morgan fingerprint density at radius 3 is 2.25 bits per heavy atom. The number of ether oxygens (including phenoxy) is 3. The Balaban J connectivity index is 0.00000504. The molecule has 6 N–H and O–H groups in total. The standard InChI is InChI=1S/C36H45N4O10.ClH/c1-16-29(41)21(37)11-24(49-16)50-23-15-36(46,17(2)38-39-18-12-34(3,4)40(47)35(5,6)13-18)14-20-26(23)33(45)28-27(31(20)43)30(42)19-9-8-10-22(48-7)25(19)32(28)44;/h8-10,16,21,23-24,29,41,43,45-46H,11-15,37H2,1-7H3;1H/b38-17+;/t16?,21?,23-,24-,29+,36-;/m0./s1. The Bertz CT molecular complexity index is 1800. The van der Waals surface area contributed by atoms with Crippen LogP contribution in [-0.4, -0.2) is 96.8 Å². The van der Waals surface area contributed by atoms with Gasteiger partial charge in [-0.25, -0.2) is 0 Å². The van der Waals surface area contributed by atoms with Crippen LogP contribution in [0.3, 0.4) is 0 Å². The highest BCUT2D eigenvalue weighted by atomic mass is 35.5. The van der Waals surface area contributed by atoms with E-state index in [9.17, 15) is 35.2 Å². The number of methoxy groups -OCH3 is 1. The summed E-state index contributed by atoms with van der Waals surface area (Å²) in [6.07, 6.45) is -3.61. The van der Waals surface area contributed by atoms with Crippen molar-refractivity contribution in [1.29, 1.82) is 0 Å². The summed E-state index contributed by atoms with van der Waals surface area (Å²) in [5.41, 5.74) is 2.85. The van der Waals surface area contributed by atoms with Crippen molar-refractivity contribution >= 4 is 35.4 Å². The zero-order valence-electron chi connectivity index (χ0n) is 29.7. The zero-order valence-corrected chi connectivity index (χ0v) is 30.5. The van der Waals surface area contributed by atoms with Crippen LogP contribution in [0.2, 0.25) is 0 Å². The lowest BCUT2D eigenvalue weighted by atomic mass is 9.71. The topological polar surface area (TPSA) is 217 Å². The molecule has 4 aliphatic rings. The minimum absolute atomic E-state index is 0. The number of hydroxylamine groups is 2. The quantitative estimate of drug-likeness (QED) is 0.145. The average molecular weight is 730 g/mol. The van der Waals surface area contributed by atoms with Crippen LogP contribution in [0.5, 0.6) is 17.2 Å². The summed E-state index contributed by atoms with van der Waals surface area (Å²) in [6.45, 7) is 10.5. The fourth-order valence-corrected chi connectivity index (χ4v) is 8.00. The molecule has 2 aromatic rings. The highest BCUT2D eigenvalue weighted by molar-refractivity contribution is 6.31.